The van der Waals surface area contributed by atoms with E-state index < -0.39 is 11.9 Å². The number of ether oxygens (including phenoxy) is 2. The van der Waals surface area contributed by atoms with Crippen molar-refractivity contribution in [3.63, 3.8) is 0 Å². The molecule has 3 rings (SSSR count). The van der Waals surface area contributed by atoms with E-state index in [1.54, 1.807) is 14.0 Å². The molecular formula is C21H27NO5Se. The second kappa shape index (κ2) is 9.70. The number of hydrogen-bond donors (Lipinski definition) is 1. The van der Waals surface area contributed by atoms with Crippen LogP contribution in [0.25, 0.3) is 9.65 Å². The van der Waals surface area contributed by atoms with Gasteiger partial charge in [0, 0.05) is 0 Å². The summed E-state index contributed by atoms with van der Waals surface area (Å²) in [6, 6.07) is 6.13. The molecule has 1 fully saturated rings. The Bertz CT molecular complexity index is 841. The fourth-order valence-electron chi connectivity index (χ4n) is 3.42. The van der Waals surface area contributed by atoms with Crippen molar-refractivity contribution >= 4 is 35.9 Å². The van der Waals surface area contributed by atoms with Gasteiger partial charge in [-0.3, -0.25) is 0 Å². The molecule has 0 saturated carbocycles. The number of carbonyl (C=O) groups is 2. The summed E-state index contributed by atoms with van der Waals surface area (Å²) in [6.45, 7) is 6.23. The Balaban J connectivity index is 1.70. The van der Waals surface area contributed by atoms with Gasteiger partial charge in [-0.25, -0.2) is 0 Å². The molecule has 7 heteroatoms. The number of aliphatic carboxylic acids is 1. The molecule has 1 aromatic carbocycles. The van der Waals surface area contributed by atoms with E-state index in [0.717, 1.165) is 71.1 Å². The molecule has 1 saturated heterocycles. The number of benzene rings is 1. The maximum atomic E-state index is 12.5. The Labute approximate surface area is 171 Å². The number of carboxylic acids is 1. The van der Waals surface area contributed by atoms with Crippen LogP contribution in [0.3, 0.4) is 0 Å². The molecule has 1 aliphatic rings. The number of carbonyl (C=O) groups excluding carboxylic acids is 1. The fraction of sp³-hybridized carbons (Fsp3) is 0.524. The molecule has 1 aromatic heterocycles. The third kappa shape index (κ3) is 5.23. The second-order valence-corrected chi connectivity index (χ2v) is 9.51. The number of rotatable bonds is 9. The summed E-state index contributed by atoms with van der Waals surface area (Å²) in [5.41, 5.74) is 1.16. The van der Waals surface area contributed by atoms with Crippen molar-refractivity contribution in [2.24, 2.45) is 5.92 Å². The number of fused-ring (bicyclic) bond motifs is 1. The van der Waals surface area contributed by atoms with Crippen molar-refractivity contribution in [1.82, 2.24) is 4.90 Å². The molecule has 1 unspecified atom stereocenters. The monoisotopic (exact) mass is 453 g/mol. The second-order valence-electron chi connectivity index (χ2n) is 7.24. The van der Waals surface area contributed by atoms with Gasteiger partial charge in [-0.2, -0.15) is 0 Å². The first-order valence-electron chi connectivity index (χ1n) is 9.64. The van der Waals surface area contributed by atoms with Crippen LogP contribution in [-0.2, 0) is 16.0 Å². The molecule has 0 radical (unpaired) electrons. The van der Waals surface area contributed by atoms with E-state index in [0.29, 0.717) is 0 Å². The number of morpholine rings is 1. The zero-order valence-corrected chi connectivity index (χ0v) is 18.1. The third-order valence-corrected chi connectivity index (χ3v) is 7.52. The predicted molar refractivity (Wildman–Crippen MR) is 109 cm³/mol. The van der Waals surface area contributed by atoms with Crippen LogP contribution in [0.2, 0.25) is 0 Å². The summed E-state index contributed by atoms with van der Waals surface area (Å²) < 4.78 is 12.9. The van der Waals surface area contributed by atoms with Crippen molar-refractivity contribution in [2.45, 2.75) is 26.2 Å². The van der Waals surface area contributed by atoms with E-state index in [9.17, 15) is 9.59 Å². The summed E-state index contributed by atoms with van der Waals surface area (Å²) in [5.74, 6) is -0.762. The zero-order chi connectivity index (χ0) is 20.1. The normalized spacial score (nSPS) is 16.2. The Morgan fingerprint density at radius 2 is 2.04 bits per heavy atom. The molecule has 28 heavy (non-hydrogen) atoms. The van der Waals surface area contributed by atoms with Gasteiger partial charge in [0.15, 0.2) is 0 Å². The topological polar surface area (TPSA) is 76.1 Å². The molecule has 0 aliphatic carbocycles. The molecule has 152 valence electrons. The van der Waals surface area contributed by atoms with Crippen molar-refractivity contribution < 1.29 is 24.2 Å². The van der Waals surface area contributed by atoms with Crippen molar-refractivity contribution in [2.75, 3.05) is 40.0 Å². The first-order chi connectivity index (χ1) is 13.5. The van der Waals surface area contributed by atoms with Crippen molar-refractivity contribution in [1.29, 1.82) is 0 Å². The Hall–Kier alpha value is -1.66. The van der Waals surface area contributed by atoms with Crippen LogP contribution in [0.5, 0.6) is 5.75 Å². The summed E-state index contributed by atoms with van der Waals surface area (Å²) >= 11 is -0.0930. The first kappa shape index (κ1) is 21.1. The van der Waals surface area contributed by atoms with E-state index in [-0.39, 0.29) is 26.7 Å². The van der Waals surface area contributed by atoms with Gasteiger partial charge in [0.25, 0.3) is 0 Å². The third-order valence-electron chi connectivity index (χ3n) is 5.13. The molecule has 0 amide bonds. The van der Waals surface area contributed by atoms with Gasteiger partial charge < -0.3 is 0 Å². The Morgan fingerprint density at radius 3 is 2.71 bits per heavy atom. The van der Waals surface area contributed by atoms with E-state index in [4.69, 9.17) is 14.6 Å². The van der Waals surface area contributed by atoms with Crippen LogP contribution in [0.1, 0.15) is 34.6 Å². The van der Waals surface area contributed by atoms with E-state index >= 15 is 0 Å². The number of ketones is 1. The predicted octanol–water partition coefficient (Wildman–Crippen LogP) is 2.46. The van der Waals surface area contributed by atoms with E-state index in [1.165, 1.54) is 0 Å². The number of nitrogens with zero attached hydrogens (tertiary/aromatic N) is 1. The molecule has 1 N–H and O–H groups in total. The average Bonchev–Trinajstić information content (AvgIpc) is 3.11. The SMILES string of the molecule is COc1cc2[se]c(C(=O)CC(C)C(=O)O)cc2cc1CCCN1CCOCC1. The number of hydrogen-bond acceptors (Lipinski definition) is 5. The van der Waals surface area contributed by atoms with Crippen LogP contribution >= 0.6 is 0 Å². The van der Waals surface area contributed by atoms with Gasteiger partial charge in [-0.15, -0.1) is 0 Å². The molecule has 0 bridgehead atoms. The van der Waals surface area contributed by atoms with Gasteiger partial charge >= 0.3 is 171 Å². The molecule has 2 aromatic rings. The summed E-state index contributed by atoms with van der Waals surface area (Å²) in [4.78, 5) is 25.9. The van der Waals surface area contributed by atoms with Crippen LogP contribution in [-0.4, -0.2) is 76.2 Å². The number of methoxy groups -OCH3 is 1. The zero-order valence-electron chi connectivity index (χ0n) is 16.4. The minimum atomic E-state index is -0.929. The fourth-order valence-corrected chi connectivity index (χ4v) is 5.57. The number of Topliss-reactive ketones (excluding diaryl/α,β-unsaturated/α-hetero) is 1. The average molecular weight is 452 g/mol. The molecular weight excluding hydrogens is 425 g/mol. The van der Waals surface area contributed by atoms with Crippen LogP contribution in [0, 0.1) is 5.92 Å². The van der Waals surface area contributed by atoms with Crippen LogP contribution in [0.4, 0.5) is 0 Å². The minimum absolute atomic E-state index is 0.0560. The Kier molecular flexibility index (Phi) is 7.29. The van der Waals surface area contributed by atoms with E-state index in [1.807, 2.05) is 6.07 Å². The Morgan fingerprint density at radius 1 is 1.29 bits per heavy atom. The van der Waals surface area contributed by atoms with Crippen LogP contribution < -0.4 is 4.74 Å². The van der Waals surface area contributed by atoms with Gasteiger partial charge in [-0.1, -0.05) is 0 Å². The summed E-state index contributed by atoms with van der Waals surface area (Å²) in [6.07, 6.45) is 2.03. The van der Waals surface area contributed by atoms with Crippen LogP contribution in [0.15, 0.2) is 18.2 Å². The molecule has 0 spiro atoms. The van der Waals surface area contributed by atoms with Gasteiger partial charge in [0.1, 0.15) is 0 Å². The molecule has 6 nitrogen and oxygen atoms in total. The first-order valence-corrected chi connectivity index (χ1v) is 11.4. The van der Waals surface area contributed by atoms with E-state index in [2.05, 4.69) is 17.0 Å². The van der Waals surface area contributed by atoms with Gasteiger partial charge in [0.2, 0.25) is 0 Å². The number of carboxylic acid groups (broad SMARTS) is 1. The number of aryl methyl sites for hydroxylation is 1. The molecule has 1 atom stereocenters. The molecule has 2 heterocycles. The summed E-state index contributed by atoms with van der Waals surface area (Å²) in [7, 11) is 1.68. The van der Waals surface area contributed by atoms with Crippen molar-refractivity contribution in [3.8, 4) is 5.75 Å². The summed E-state index contributed by atoms with van der Waals surface area (Å²) in [5, 5.41) is 10.1. The molecule has 1 aliphatic heterocycles. The van der Waals surface area contributed by atoms with Crippen molar-refractivity contribution in [3.05, 3.63) is 28.2 Å². The standard InChI is InChI=1S/C21H27NO5Se/c1-14(21(24)25)10-17(23)20-12-16-11-15(18(26-2)13-19(16)28-20)4-3-5-22-6-8-27-9-7-22/h11-14H,3-10H2,1-2H3,(H,24,25). The quantitative estimate of drug-likeness (QED) is 0.466. The van der Waals surface area contributed by atoms with Gasteiger partial charge in [0.05, 0.1) is 0 Å². The maximum absolute atomic E-state index is 12.5. The van der Waals surface area contributed by atoms with Gasteiger partial charge in [-0.05, 0) is 0 Å².